The number of hydrogen-bond donors (Lipinski definition) is 1. The van der Waals surface area contributed by atoms with Crippen molar-refractivity contribution in [2.45, 2.75) is 0 Å². The topological polar surface area (TPSA) is 108 Å². The molecule has 0 spiro atoms. The molecule has 1 aromatic rings. The zero-order chi connectivity index (χ0) is 15.8. The summed E-state index contributed by atoms with van der Waals surface area (Å²) < 4.78 is 4.82. The highest BCUT2D eigenvalue weighted by atomic mass is 16.6. The van der Waals surface area contributed by atoms with Gasteiger partial charge in [-0.3, -0.25) is 14.9 Å². The van der Waals surface area contributed by atoms with Gasteiger partial charge in [-0.1, -0.05) is 0 Å². The largest absolute Gasteiger partial charge is 0.383 e. The number of nitrogens with zero attached hydrogens (tertiary/aromatic N) is 3. The highest BCUT2D eigenvalue weighted by Crippen LogP contribution is 2.23. The van der Waals surface area contributed by atoms with E-state index in [1.54, 1.807) is 11.9 Å². The number of carbonyl (C=O) groups excluding carboxylic acids is 1. The SMILES string of the molecule is COCCNC(=O)CN(C)c1ccc([N+](=O)[O-])cc1C#N. The Morgan fingerprint density at radius 2 is 2.29 bits per heavy atom. The summed E-state index contributed by atoms with van der Waals surface area (Å²) >= 11 is 0. The molecule has 0 atom stereocenters. The first-order chi connectivity index (χ1) is 9.99. The smallest absolute Gasteiger partial charge is 0.270 e. The maximum Gasteiger partial charge on any atom is 0.270 e. The van der Waals surface area contributed by atoms with Crippen LogP contribution in [-0.4, -0.2) is 44.7 Å². The van der Waals surface area contributed by atoms with Gasteiger partial charge in [0.05, 0.1) is 29.3 Å². The Balaban J connectivity index is 2.78. The predicted octanol–water partition coefficient (Wildman–Crippen LogP) is 0.665. The maximum absolute atomic E-state index is 11.7. The Kier molecular flexibility index (Phi) is 6.10. The number of ether oxygens (including phenoxy) is 1. The van der Waals surface area contributed by atoms with Crippen LogP contribution < -0.4 is 10.2 Å². The van der Waals surface area contributed by atoms with Crippen molar-refractivity contribution in [1.29, 1.82) is 5.26 Å². The number of nitrogens with one attached hydrogen (secondary N) is 1. The summed E-state index contributed by atoms with van der Waals surface area (Å²) in [6.07, 6.45) is 0. The molecule has 0 saturated carbocycles. The summed E-state index contributed by atoms with van der Waals surface area (Å²) in [7, 11) is 3.17. The number of likely N-dealkylation sites (N-methyl/N-ethyl adjacent to an activating group) is 1. The normalized spacial score (nSPS) is 9.76. The molecule has 112 valence electrons. The Morgan fingerprint density at radius 1 is 1.57 bits per heavy atom. The van der Waals surface area contributed by atoms with Crippen LogP contribution in [0, 0.1) is 21.4 Å². The molecular weight excluding hydrogens is 276 g/mol. The van der Waals surface area contributed by atoms with Crippen LogP contribution in [0.25, 0.3) is 0 Å². The van der Waals surface area contributed by atoms with Crippen molar-refractivity contribution in [2.75, 3.05) is 38.8 Å². The van der Waals surface area contributed by atoms with Crippen LogP contribution in [0.5, 0.6) is 0 Å². The molecular formula is C13H16N4O4. The number of benzene rings is 1. The molecule has 0 aliphatic rings. The van der Waals surface area contributed by atoms with Crippen LogP contribution in [0.3, 0.4) is 0 Å². The second-order valence-electron chi connectivity index (χ2n) is 4.27. The van der Waals surface area contributed by atoms with Gasteiger partial charge in [0.25, 0.3) is 5.69 Å². The predicted molar refractivity (Wildman–Crippen MR) is 76.0 cm³/mol. The van der Waals surface area contributed by atoms with Gasteiger partial charge in [-0.05, 0) is 6.07 Å². The number of non-ortho nitro benzene ring substituents is 1. The van der Waals surface area contributed by atoms with E-state index in [9.17, 15) is 14.9 Å². The molecule has 0 aromatic heterocycles. The van der Waals surface area contributed by atoms with E-state index in [2.05, 4.69) is 5.32 Å². The van der Waals surface area contributed by atoms with Crippen LogP contribution in [0.15, 0.2) is 18.2 Å². The number of rotatable bonds is 7. The van der Waals surface area contributed by atoms with Crippen LogP contribution in [-0.2, 0) is 9.53 Å². The molecule has 1 amide bonds. The fraction of sp³-hybridized carbons (Fsp3) is 0.385. The minimum absolute atomic E-state index is 0.0379. The lowest BCUT2D eigenvalue weighted by Crippen LogP contribution is -2.36. The molecule has 8 heteroatoms. The number of amides is 1. The highest BCUT2D eigenvalue weighted by molar-refractivity contribution is 5.82. The monoisotopic (exact) mass is 292 g/mol. The third-order valence-electron chi connectivity index (χ3n) is 2.73. The minimum atomic E-state index is -0.567. The van der Waals surface area contributed by atoms with E-state index in [-0.39, 0.29) is 23.7 Å². The standard InChI is InChI=1S/C13H16N4O4/c1-16(9-13(18)15-5-6-21-2)12-4-3-11(17(19)20)7-10(12)8-14/h3-4,7H,5-6,9H2,1-2H3,(H,15,18). The maximum atomic E-state index is 11.7. The van der Waals surface area contributed by atoms with E-state index < -0.39 is 4.92 Å². The van der Waals surface area contributed by atoms with Crippen LogP contribution in [0.1, 0.15) is 5.56 Å². The van der Waals surface area contributed by atoms with Gasteiger partial charge in [-0.2, -0.15) is 5.26 Å². The van der Waals surface area contributed by atoms with Gasteiger partial charge in [-0.15, -0.1) is 0 Å². The van der Waals surface area contributed by atoms with Crippen molar-refractivity contribution in [1.82, 2.24) is 5.32 Å². The van der Waals surface area contributed by atoms with Gasteiger partial charge in [0.2, 0.25) is 5.91 Å². The second-order valence-corrected chi connectivity index (χ2v) is 4.27. The van der Waals surface area contributed by atoms with E-state index in [0.717, 1.165) is 0 Å². The Labute approximate surface area is 122 Å². The molecule has 0 heterocycles. The van der Waals surface area contributed by atoms with Crippen molar-refractivity contribution in [2.24, 2.45) is 0 Å². The average molecular weight is 292 g/mol. The summed E-state index contributed by atoms with van der Waals surface area (Å²) in [5.41, 5.74) is 0.453. The third-order valence-corrected chi connectivity index (χ3v) is 2.73. The van der Waals surface area contributed by atoms with E-state index in [0.29, 0.717) is 18.8 Å². The zero-order valence-corrected chi connectivity index (χ0v) is 11.8. The van der Waals surface area contributed by atoms with Crippen LogP contribution in [0.4, 0.5) is 11.4 Å². The summed E-state index contributed by atoms with van der Waals surface area (Å²) in [5, 5.41) is 22.4. The third kappa shape index (κ3) is 4.74. The summed E-state index contributed by atoms with van der Waals surface area (Å²) in [5.74, 6) is -0.225. The summed E-state index contributed by atoms with van der Waals surface area (Å²) in [6.45, 7) is 0.848. The van der Waals surface area contributed by atoms with Crippen molar-refractivity contribution in [3.05, 3.63) is 33.9 Å². The zero-order valence-electron chi connectivity index (χ0n) is 11.8. The highest BCUT2D eigenvalue weighted by Gasteiger charge is 2.15. The summed E-state index contributed by atoms with van der Waals surface area (Å²) in [6, 6.07) is 5.85. The molecule has 1 rings (SSSR count). The van der Waals surface area contributed by atoms with Crippen LogP contribution >= 0.6 is 0 Å². The fourth-order valence-corrected chi connectivity index (χ4v) is 1.71. The fourth-order valence-electron chi connectivity index (χ4n) is 1.71. The van der Waals surface area contributed by atoms with E-state index in [1.165, 1.54) is 25.3 Å². The van der Waals surface area contributed by atoms with Gasteiger partial charge >= 0.3 is 0 Å². The lowest BCUT2D eigenvalue weighted by molar-refractivity contribution is -0.384. The van der Waals surface area contributed by atoms with Crippen molar-refractivity contribution < 1.29 is 14.5 Å². The quantitative estimate of drug-likeness (QED) is 0.449. The van der Waals surface area contributed by atoms with E-state index in [4.69, 9.17) is 10.00 Å². The number of nitro groups is 1. The number of nitro benzene ring substituents is 1. The van der Waals surface area contributed by atoms with Gasteiger partial charge in [0.1, 0.15) is 6.07 Å². The van der Waals surface area contributed by atoms with Crippen molar-refractivity contribution in [3.8, 4) is 6.07 Å². The average Bonchev–Trinajstić information content (AvgIpc) is 2.46. The Hall–Kier alpha value is -2.66. The van der Waals surface area contributed by atoms with Gasteiger partial charge in [0, 0.05) is 32.8 Å². The lowest BCUT2D eigenvalue weighted by atomic mass is 10.1. The number of methoxy groups -OCH3 is 1. The molecule has 0 aliphatic carbocycles. The van der Waals surface area contributed by atoms with Gasteiger partial charge in [-0.25, -0.2) is 0 Å². The molecule has 21 heavy (non-hydrogen) atoms. The molecule has 8 nitrogen and oxygen atoms in total. The first kappa shape index (κ1) is 16.4. The molecule has 0 saturated heterocycles. The molecule has 0 aliphatic heterocycles. The van der Waals surface area contributed by atoms with Gasteiger partial charge < -0.3 is 15.0 Å². The molecule has 0 bridgehead atoms. The van der Waals surface area contributed by atoms with Crippen LogP contribution in [0.2, 0.25) is 0 Å². The second kappa shape index (κ2) is 7.81. The molecule has 0 radical (unpaired) electrons. The lowest BCUT2D eigenvalue weighted by Gasteiger charge is -2.19. The van der Waals surface area contributed by atoms with Crippen molar-refractivity contribution >= 4 is 17.3 Å². The molecule has 0 unspecified atom stereocenters. The number of nitriles is 1. The molecule has 0 fully saturated rings. The summed E-state index contributed by atoms with van der Waals surface area (Å²) in [4.78, 5) is 23.4. The Bertz CT molecular complexity index is 568. The number of anilines is 1. The minimum Gasteiger partial charge on any atom is -0.383 e. The molecule has 1 N–H and O–H groups in total. The van der Waals surface area contributed by atoms with E-state index >= 15 is 0 Å². The first-order valence-corrected chi connectivity index (χ1v) is 6.15. The van der Waals surface area contributed by atoms with E-state index in [1.807, 2.05) is 6.07 Å². The Morgan fingerprint density at radius 3 is 2.86 bits per heavy atom. The van der Waals surface area contributed by atoms with Gasteiger partial charge in [0.15, 0.2) is 0 Å². The molecule has 1 aromatic carbocycles. The van der Waals surface area contributed by atoms with Crippen molar-refractivity contribution in [3.63, 3.8) is 0 Å². The first-order valence-electron chi connectivity index (χ1n) is 6.15. The number of hydrogen-bond acceptors (Lipinski definition) is 6. The number of carbonyl (C=O) groups is 1.